The van der Waals surface area contributed by atoms with Crippen molar-refractivity contribution in [3.05, 3.63) is 0 Å². The van der Waals surface area contributed by atoms with Gasteiger partial charge < -0.3 is 11.5 Å². The Morgan fingerprint density at radius 3 is 2.09 bits per heavy atom. The van der Waals surface area contributed by atoms with E-state index in [1.54, 1.807) is 0 Å². The molecular formula is C9H14N2. The molecule has 2 heteroatoms. The molecule has 60 valence electrons. The van der Waals surface area contributed by atoms with Crippen molar-refractivity contribution < 1.29 is 0 Å². The first-order valence-electron chi connectivity index (χ1n) is 4.21. The minimum Gasteiger partial charge on any atom is -0.329 e. The van der Waals surface area contributed by atoms with E-state index in [-0.39, 0.29) is 11.0 Å². The van der Waals surface area contributed by atoms with Crippen LogP contribution in [-0.2, 0) is 0 Å². The summed E-state index contributed by atoms with van der Waals surface area (Å²) in [7, 11) is 0. The molecule has 2 nitrogen and oxygen atoms in total. The Morgan fingerprint density at radius 1 is 1.09 bits per heavy atom. The quantitative estimate of drug-likeness (QED) is 0.525. The summed E-state index contributed by atoms with van der Waals surface area (Å²) in [6.45, 7) is 0.704. The van der Waals surface area contributed by atoms with Gasteiger partial charge in [-0.2, -0.15) is 0 Å². The molecule has 4 N–H and O–H groups in total. The molecule has 2 aliphatic carbocycles. The molecule has 2 saturated carbocycles. The van der Waals surface area contributed by atoms with Crippen LogP contribution in [0.3, 0.4) is 0 Å². The zero-order valence-corrected chi connectivity index (χ0v) is 6.69. The lowest BCUT2D eigenvalue weighted by Gasteiger charge is -2.01. The molecule has 0 aromatic rings. The van der Waals surface area contributed by atoms with Gasteiger partial charge in [0.05, 0.1) is 5.54 Å². The van der Waals surface area contributed by atoms with Crippen LogP contribution in [-0.4, -0.2) is 12.1 Å². The first kappa shape index (κ1) is 7.15. The van der Waals surface area contributed by atoms with Crippen LogP contribution in [0, 0.1) is 17.3 Å². The summed E-state index contributed by atoms with van der Waals surface area (Å²) in [4.78, 5) is 0. The molecule has 0 spiro atoms. The molecule has 0 aromatic heterocycles. The summed E-state index contributed by atoms with van der Waals surface area (Å²) < 4.78 is 0. The van der Waals surface area contributed by atoms with Gasteiger partial charge in [-0.1, -0.05) is 11.8 Å². The van der Waals surface area contributed by atoms with Crippen LogP contribution in [0.25, 0.3) is 0 Å². The third kappa shape index (κ3) is 1.40. The summed E-state index contributed by atoms with van der Waals surface area (Å²) >= 11 is 0. The van der Waals surface area contributed by atoms with E-state index in [0.29, 0.717) is 6.54 Å². The van der Waals surface area contributed by atoms with Crippen molar-refractivity contribution >= 4 is 0 Å². The second-order valence-electron chi connectivity index (χ2n) is 3.89. The Labute approximate surface area is 67.3 Å². The molecule has 0 atom stereocenters. The van der Waals surface area contributed by atoms with Crippen molar-refractivity contribution in [1.29, 1.82) is 0 Å². The first-order valence-corrected chi connectivity index (χ1v) is 4.21. The maximum Gasteiger partial charge on any atom is 0.0778 e. The molecule has 0 saturated heterocycles. The summed E-state index contributed by atoms with van der Waals surface area (Å²) in [6, 6.07) is 0. The van der Waals surface area contributed by atoms with Crippen LogP contribution < -0.4 is 11.5 Å². The van der Waals surface area contributed by atoms with Crippen LogP contribution in [0.15, 0.2) is 0 Å². The number of hydrogen-bond acceptors (Lipinski definition) is 2. The van der Waals surface area contributed by atoms with Crippen molar-refractivity contribution in [3.63, 3.8) is 0 Å². The van der Waals surface area contributed by atoms with Gasteiger partial charge in [0.1, 0.15) is 0 Å². The molecule has 0 aromatic carbocycles. The van der Waals surface area contributed by atoms with E-state index >= 15 is 0 Å². The van der Waals surface area contributed by atoms with Gasteiger partial charge in [-0.05, 0) is 25.7 Å². The highest BCUT2D eigenvalue weighted by atomic mass is 14.8. The van der Waals surface area contributed by atoms with E-state index < -0.39 is 0 Å². The third-order valence-corrected chi connectivity index (χ3v) is 2.61. The number of rotatable bonds is 1. The molecule has 0 bridgehead atoms. The lowest BCUT2D eigenvalue weighted by molar-refractivity contribution is 0.690. The normalized spacial score (nSPS) is 28.5. The van der Waals surface area contributed by atoms with Crippen LogP contribution in [0.1, 0.15) is 25.7 Å². The highest BCUT2D eigenvalue weighted by Gasteiger charge is 2.42. The lowest BCUT2D eigenvalue weighted by atomic mass is 10.1. The Kier molecular flexibility index (Phi) is 1.30. The maximum absolute atomic E-state index is 5.82. The van der Waals surface area contributed by atoms with Crippen molar-refractivity contribution in [2.24, 2.45) is 16.9 Å². The van der Waals surface area contributed by atoms with Gasteiger partial charge >= 0.3 is 0 Å². The van der Waals surface area contributed by atoms with E-state index in [9.17, 15) is 0 Å². The molecule has 11 heavy (non-hydrogen) atoms. The molecular weight excluding hydrogens is 136 g/mol. The molecule has 0 amide bonds. The molecule has 2 fully saturated rings. The second kappa shape index (κ2) is 2.00. The van der Waals surface area contributed by atoms with Crippen LogP contribution >= 0.6 is 0 Å². The number of nitrogens with two attached hydrogens (primary N) is 2. The minimum atomic E-state index is -0.120. The number of hydrogen-bond donors (Lipinski definition) is 2. The molecule has 2 rings (SSSR count). The first-order chi connectivity index (χ1) is 5.18. The molecule has 0 aliphatic heterocycles. The Balaban J connectivity index is 2.01. The van der Waals surface area contributed by atoms with Crippen LogP contribution in [0.4, 0.5) is 0 Å². The molecule has 0 unspecified atom stereocenters. The summed E-state index contributed by atoms with van der Waals surface area (Å²) in [5, 5.41) is 0. The van der Waals surface area contributed by atoms with Crippen molar-refractivity contribution in [2.75, 3.05) is 6.54 Å². The Bertz CT molecular complexity index is 226. The molecule has 0 radical (unpaired) electrons. The zero-order chi connectivity index (χ0) is 7.95. The van der Waals surface area contributed by atoms with Gasteiger partial charge in [0, 0.05) is 12.0 Å². The van der Waals surface area contributed by atoms with Gasteiger partial charge in [0.25, 0.3) is 0 Å². The van der Waals surface area contributed by atoms with E-state index in [4.69, 9.17) is 11.5 Å². The van der Waals surface area contributed by atoms with Crippen LogP contribution in [0.5, 0.6) is 0 Å². The molecule has 0 heterocycles. The van der Waals surface area contributed by atoms with E-state index in [1.165, 1.54) is 12.8 Å². The van der Waals surface area contributed by atoms with E-state index in [0.717, 1.165) is 12.8 Å². The fraction of sp³-hybridized carbons (Fsp3) is 0.778. The smallest absolute Gasteiger partial charge is 0.0778 e. The summed E-state index contributed by atoms with van der Waals surface area (Å²) in [5.74, 6) is 6.36. The average Bonchev–Trinajstić information content (AvgIpc) is 2.85. The van der Waals surface area contributed by atoms with Gasteiger partial charge in [-0.15, -0.1) is 0 Å². The SMILES string of the molecule is NCC1(C#CC2(N)CC2)CC1. The van der Waals surface area contributed by atoms with Crippen molar-refractivity contribution in [1.82, 2.24) is 0 Å². The fourth-order valence-electron chi connectivity index (χ4n) is 1.05. The second-order valence-corrected chi connectivity index (χ2v) is 3.89. The predicted octanol–water partition coefficient (Wildman–Crippen LogP) is 0.220. The topological polar surface area (TPSA) is 52.0 Å². The third-order valence-electron chi connectivity index (χ3n) is 2.61. The summed E-state index contributed by atoms with van der Waals surface area (Å²) in [5.41, 5.74) is 11.5. The standard InChI is InChI=1S/C9H14N2/c10-7-8(1-2-8)3-4-9(11)5-6-9/h1-2,5-7,10-11H2. The van der Waals surface area contributed by atoms with Crippen molar-refractivity contribution in [2.45, 2.75) is 31.2 Å². The highest BCUT2D eigenvalue weighted by molar-refractivity contribution is 5.30. The largest absolute Gasteiger partial charge is 0.329 e. The highest BCUT2D eigenvalue weighted by Crippen LogP contribution is 2.44. The monoisotopic (exact) mass is 150 g/mol. The maximum atomic E-state index is 5.82. The van der Waals surface area contributed by atoms with Gasteiger partial charge in [-0.25, -0.2) is 0 Å². The van der Waals surface area contributed by atoms with E-state index in [1.807, 2.05) is 0 Å². The average molecular weight is 150 g/mol. The lowest BCUT2D eigenvalue weighted by Crippen LogP contribution is -2.20. The van der Waals surface area contributed by atoms with Crippen LogP contribution in [0.2, 0.25) is 0 Å². The van der Waals surface area contributed by atoms with E-state index in [2.05, 4.69) is 11.8 Å². The minimum absolute atomic E-state index is 0.120. The van der Waals surface area contributed by atoms with Gasteiger partial charge in [0.2, 0.25) is 0 Å². The van der Waals surface area contributed by atoms with Crippen molar-refractivity contribution in [3.8, 4) is 11.8 Å². The fourth-order valence-corrected chi connectivity index (χ4v) is 1.05. The zero-order valence-electron chi connectivity index (χ0n) is 6.69. The van der Waals surface area contributed by atoms with Gasteiger partial charge in [-0.3, -0.25) is 0 Å². The summed E-state index contributed by atoms with van der Waals surface area (Å²) in [6.07, 6.45) is 4.49. The Hall–Kier alpha value is -0.520. The predicted molar refractivity (Wildman–Crippen MR) is 44.6 cm³/mol. The van der Waals surface area contributed by atoms with Gasteiger partial charge in [0.15, 0.2) is 0 Å². The Morgan fingerprint density at radius 2 is 1.73 bits per heavy atom. The molecule has 2 aliphatic rings.